The van der Waals surface area contributed by atoms with Gasteiger partial charge in [0.05, 0.1) is 5.41 Å². The second-order valence-corrected chi connectivity index (χ2v) is 7.46. The van der Waals surface area contributed by atoms with Crippen molar-refractivity contribution >= 4 is 11.9 Å². The fourth-order valence-electron chi connectivity index (χ4n) is 3.97. The van der Waals surface area contributed by atoms with Gasteiger partial charge in [0.15, 0.2) is 0 Å². The Bertz CT molecular complexity index is 632. The van der Waals surface area contributed by atoms with E-state index in [9.17, 15) is 9.59 Å². The Hall–Kier alpha value is -2.04. The zero-order valence-electron chi connectivity index (χ0n) is 14.6. The average molecular weight is 329 g/mol. The van der Waals surface area contributed by atoms with E-state index in [-0.39, 0.29) is 11.3 Å². The lowest BCUT2D eigenvalue weighted by Gasteiger charge is -2.35. The van der Waals surface area contributed by atoms with Crippen LogP contribution in [0.3, 0.4) is 0 Å². The first-order valence-corrected chi connectivity index (χ1v) is 8.82. The van der Waals surface area contributed by atoms with Gasteiger partial charge in [0.1, 0.15) is 0 Å². The van der Waals surface area contributed by atoms with Gasteiger partial charge < -0.3 is 16.0 Å². The molecule has 1 aliphatic carbocycles. The molecule has 3 rings (SSSR count). The number of nitrogens with two attached hydrogens (primary N) is 1. The Morgan fingerprint density at radius 1 is 1.25 bits per heavy atom. The summed E-state index contributed by atoms with van der Waals surface area (Å²) in [5.41, 5.74) is 8.44. The number of hydrogen-bond acceptors (Lipinski definition) is 2. The van der Waals surface area contributed by atoms with Crippen LogP contribution in [-0.4, -0.2) is 36.5 Å². The van der Waals surface area contributed by atoms with Gasteiger partial charge in [0.2, 0.25) is 5.91 Å². The largest absolute Gasteiger partial charge is 0.352 e. The Morgan fingerprint density at radius 3 is 2.50 bits per heavy atom. The summed E-state index contributed by atoms with van der Waals surface area (Å²) in [6.45, 7) is 6.26. The van der Waals surface area contributed by atoms with Crippen molar-refractivity contribution in [2.45, 2.75) is 44.9 Å². The van der Waals surface area contributed by atoms with Crippen LogP contribution in [0, 0.1) is 19.8 Å². The first-order chi connectivity index (χ1) is 11.4. The van der Waals surface area contributed by atoms with Crippen LogP contribution in [0.5, 0.6) is 0 Å². The molecule has 130 valence electrons. The number of urea groups is 1. The van der Waals surface area contributed by atoms with Crippen molar-refractivity contribution in [3.63, 3.8) is 0 Å². The zero-order chi connectivity index (χ0) is 17.3. The lowest BCUT2D eigenvalue weighted by atomic mass is 9.89. The Balaban J connectivity index is 1.72. The number of rotatable bonds is 4. The maximum atomic E-state index is 13.2. The number of benzene rings is 1. The molecule has 24 heavy (non-hydrogen) atoms. The molecule has 1 saturated carbocycles. The van der Waals surface area contributed by atoms with Gasteiger partial charge in [-0.3, -0.25) is 4.79 Å². The molecule has 0 spiro atoms. The summed E-state index contributed by atoms with van der Waals surface area (Å²) >= 11 is 0. The SMILES string of the molecule is Cc1cc(C)cc(C2(C(=O)N3CCC[C@@H](CNC(N)=O)C3)CC2)c1. The molecule has 1 heterocycles. The topological polar surface area (TPSA) is 75.4 Å². The van der Waals surface area contributed by atoms with Crippen LogP contribution in [0.1, 0.15) is 42.4 Å². The van der Waals surface area contributed by atoms with E-state index in [4.69, 9.17) is 5.73 Å². The molecule has 5 heteroatoms. The molecule has 2 fully saturated rings. The summed E-state index contributed by atoms with van der Waals surface area (Å²) in [6, 6.07) is 5.98. The lowest BCUT2D eigenvalue weighted by molar-refractivity contribution is -0.135. The zero-order valence-corrected chi connectivity index (χ0v) is 14.6. The minimum atomic E-state index is -0.493. The molecule has 3 N–H and O–H groups in total. The Kier molecular flexibility index (Phi) is 4.52. The molecule has 0 aromatic heterocycles. The van der Waals surface area contributed by atoms with Crippen molar-refractivity contribution in [3.8, 4) is 0 Å². The summed E-state index contributed by atoms with van der Waals surface area (Å²) in [7, 11) is 0. The summed E-state index contributed by atoms with van der Waals surface area (Å²) in [5.74, 6) is 0.557. The van der Waals surface area contributed by atoms with Crippen LogP contribution in [0.15, 0.2) is 18.2 Å². The normalized spacial score (nSPS) is 22.1. The quantitative estimate of drug-likeness (QED) is 0.889. The first-order valence-electron chi connectivity index (χ1n) is 8.82. The van der Waals surface area contributed by atoms with Gasteiger partial charge in [-0.15, -0.1) is 0 Å². The van der Waals surface area contributed by atoms with Crippen LogP contribution in [0.25, 0.3) is 0 Å². The van der Waals surface area contributed by atoms with Crippen molar-refractivity contribution in [1.82, 2.24) is 10.2 Å². The Morgan fingerprint density at radius 2 is 1.92 bits per heavy atom. The molecule has 1 atom stereocenters. The fourth-order valence-corrected chi connectivity index (χ4v) is 3.97. The molecule has 0 radical (unpaired) electrons. The number of primary amides is 1. The number of carbonyl (C=O) groups excluding carboxylic acids is 2. The van der Waals surface area contributed by atoms with Crippen LogP contribution in [0.2, 0.25) is 0 Å². The molecule has 1 aliphatic heterocycles. The predicted molar refractivity (Wildman–Crippen MR) is 93.7 cm³/mol. The van der Waals surface area contributed by atoms with Crippen LogP contribution >= 0.6 is 0 Å². The number of amides is 3. The second-order valence-electron chi connectivity index (χ2n) is 7.46. The van der Waals surface area contributed by atoms with Crippen molar-refractivity contribution in [3.05, 3.63) is 34.9 Å². The van der Waals surface area contributed by atoms with Crippen molar-refractivity contribution in [1.29, 1.82) is 0 Å². The number of nitrogens with one attached hydrogen (secondary N) is 1. The van der Waals surface area contributed by atoms with E-state index in [1.54, 1.807) is 0 Å². The highest BCUT2D eigenvalue weighted by molar-refractivity contribution is 5.91. The smallest absolute Gasteiger partial charge is 0.312 e. The van der Waals surface area contributed by atoms with E-state index in [0.29, 0.717) is 19.0 Å². The highest BCUT2D eigenvalue weighted by Gasteiger charge is 2.53. The van der Waals surface area contributed by atoms with E-state index in [2.05, 4.69) is 37.4 Å². The summed E-state index contributed by atoms with van der Waals surface area (Å²) in [5, 5.41) is 2.68. The molecule has 0 unspecified atom stereocenters. The highest BCUT2D eigenvalue weighted by Crippen LogP contribution is 2.50. The van der Waals surface area contributed by atoms with Gasteiger partial charge in [-0.1, -0.05) is 29.3 Å². The van der Waals surface area contributed by atoms with E-state index < -0.39 is 6.03 Å². The molecular formula is C19H27N3O2. The molecule has 1 aromatic rings. The van der Waals surface area contributed by atoms with Crippen molar-refractivity contribution in [2.75, 3.05) is 19.6 Å². The number of hydrogen-bond donors (Lipinski definition) is 2. The summed E-state index contributed by atoms with van der Waals surface area (Å²) in [4.78, 5) is 26.1. The third-order valence-electron chi connectivity index (χ3n) is 5.30. The first kappa shape index (κ1) is 16.8. The average Bonchev–Trinajstić information content (AvgIpc) is 3.33. The lowest BCUT2D eigenvalue weighted by Crippen LogP contribution is -2.47. The molecule has 2 aliphatic rings. The second kappa shape index (κ2) is 6.46. The van der Waals surface area contributed by atoms with Crippen molar-refractivity contribution < 1.29 is 9.59 Å². The summed E-state index contributed by atoms with van der Waals surface area (Å²) in [6.07, 6.45) is 3.89. The Labute approximate surface area is 143 Å². The molecule has 0 bridgehead atoms. The number of nitrogens with zero attached hydrogens (tertiary/aromatic N) is 1. The standard InChI is InChI=1S/C19H27N3O2/c1-13-8-14(2)10-16(9-13)19(5-6-19)17(23)22-7-3-4-15(12-22)11-21-18(20)24/h8-10,15H,3-7,11-12H2,1-2H3,(H3,20,21,24)/t15-/m0/s1. The maximum absolute atomic E-state index is 13.2. The summed E-state index contributed by atoms with van der Waals surface area (Å²) < 4.78 is 0. The monoisotopic (exact) mass is 329 g/mol. The number of aryl methyl sites for hydroxylation is 2. The number of piperidine rings is 1. The number of carbonyl (C=O) groups is 2. The predicted octanol–water partition coefficient (Wildman–Crippen LogP) is 2.24. The van der Waals surface area contributed by atoms with Gasteiger partial charge in [-0.2, -0.15) is 0 Å². The van der Waals surface area contributed by atoms with Crippen LogP contribution < -0.4 is 11.1 Å². The van der Waals surface area contributed by atoms with Gasteiger partial charge in [0.25, 0.3) is 0 Å². The van der Waals surface area contributed by atoms with E-state index in [1.807, 2.05) is 4.90 Å². The maximum Gasteiger partial charge on any atom is 0.312 e. The van der Waals surface area contributed by atoms with E-state index in [0.717, 1.165) is 32.2 Å². The highest BCUT2D eigenvalue weighted by atomic mass is 16.2. The molecular weight excluding hydrogens is 302 g/mol. The van der Waals surface area contributed by atoms with Crippen LogP contribution in [0.4, 0.5) is 4.79 Å². The van der Waals surface area contributed by atoms with Gasteiger partial charge in [-0.25, -0.2) is 4.79 Å². The van der Waals surface area contributed by atoms with E-state index >= 15 is 0 Å². The molecule has 1 saturated heterocycles. The van der Waals surface area contributed by atoms with Crippen LogP contribution in [-0.2, 0) is 10.2 Å². The minimum absolute atomic E-state index is 0.260. The molecule has 1 aromatic carbocycles. The number of likely N-dealkylation sites (tertiary alicyclic amines) is 1. The third-order valence-corrected chi connectivity index (χ3v) is 5.30. The van der Waals surface area contributed by atoms with Gasteiger partial charge in [0, 0.05) is 19.6 Å². The van der Waals surface area contributed by atoms with Gasteiger partial charge >= 0.3 is 6.03 Å². The van der Waals surface area contributed by atoms with Crippen molar-refractivity contribution in [2.24, 2.45) is 11.7 Å². The third kappa shape index (κ3) is 3.40. The molecule has 5 nitrogen and oxygen atoms in total. The minimum Gasteiger partial charge on any atom is -0.352 e. The molecule has 3 amide bonds. The fraction of sp³-hybridized carbons (Fsp3) is 0.579. The van der Waals surface area contributed by atoms with Gasteiger partial charge in [-0.05, 0) is 51.0 Å². The van der Waals surface area contributed by atoms with E-state index in [1.165, 1.54) is 16.7 Å².